The summed E-state index contributed by atoms with van der Waals surface area (Å²) in [4.78, 5) is 19.5. The second-order valence-electron chi connectivity index (χ2n) is 5.32. The summed E-state index contributed by atoms with van der Waals surface area (Å²) in [6.07, 6.45) is -0.663. The summed E-state index contributed by atoms with van der Waals surface area (Å²) in [5.41, 5.74) is -1.52. The number of rotatable bonds is 4. The summed E-state index contributed by atoms with van der Waals surface area (Å²) in [6, 6.07) is 1.05. The van der Waals surface area contributed by atoms with Gasteiger partial charge in [0.15, 0.2) is 5.82 Å². The zero-order valence-electron chi connectivity index (χ0n) is 12.4. The molecule has 10 heteroatoms. The Labute approximate surface area is 134 Å². The minimum atomic E-state index is -4.64. The molecule has 0 bridgehead atoms. The van der Waals surface area contributed by atoms with E-state index in [1.54, 1.807) is 0 Å². The fourth-order valence-corrected chi connectivity index (χ4v) is 2.55. The van der Waals surface area contributed by atoms with Crippen LogP contribution in [0.25, 0.3) is 0 Å². The number of carbonyl (C=O) groups is 1. The molecule has 24 heavy (non-hydrogen) atoms. The predicted molar refractivity (Wildman–Crippen MR) is 74.8 cm³/mol. The van der Waals surface area contributed by atoms with E-state index in [1.165, 1.54) is 6.33 Å². The number of carbonyl (C=O) groups excluding carboxylic acids is 1. The number of pyridine rings is 1. The molecule has 0 aliphatic carbocycles. The molecule has 3 heterocycles. The molecule has 1 amide bonds. The van der Waals surface area contributed by atoms with Gasteiger partial charge >= 0.3 is 6.18 Å². The summed E-state index contributed by atoms with van der Waals surface area (Å²) in [5.74, 6) is -0.214. The Kier molecular flexibility index (Phi) is 4.47. The van der Waals surface area contributed by atoms with Gasteiger partial charge in [-0.15, -0.1) is 0 Å². The second-order valence-corrected chi connectivity index (χ2v) is 5.32. The Hall–Kier alpha value is -2.49. The molecule has 7 nitrogen and oxygen atoms in total. The standard InChI is InChI=1S/C14H14F3N5O2/c15-14(16,17)10-6-18-4-3-9(10)13(23)19-5-8-1-2-11(24-8)12-20-7-21-22-12/h3-4,6-8,11H,1-2,5H2,(H,19,23)(H,20,21,22)/t8-,11+/m1/s1. The van der Waals surface area contributed by atoms with E-state index >= 15 is 0 Å². The summed E-state index contributed by atoms with van der Waals surface area (Å²) >= 11 is 0. The Morgan fingerprint density at radius 1 is 1.42 bits per heavy atom. The molecule has 2 atom stereocenters. The highest BCUT2D eigenvalue weighted by Crippen LogP contribution is 2.32. The third-order valence-corrected chi connectivity index (χ3v) is 3.71. The Morgan fingerprint density at radius 2 is 2.25 bits per heavy atom. The lowest BCUT2D eigenvalue weighted by Gasteiger charge is -2.15. The number of aromatic nitrogens is 4. The monoisotopic (exact) mass is 341 g/mol. The van der Waals surface area contributed by atoms with E-state index in [0.717, 1.165) is 12.3 Å². The van der Waals surface area contributed by atoms with Crippen molar-refractivity contribution in [2.45, 2.75) is 31.2 Å². The normalized spacial score (nSPS) is 21.0. The summed E-state index contributed by atoms with van der Waals surface area (Å²) in [7, 11) is 0. The van der Waals surface area contributed by atoms with Crippen LogP contribution in [0.15, 0.2) is 24.8 Å². The molecule has 1 saturated heterocycles. The van der Waals surface area contributed by atoms with Crippen molar-refractivity contribution in [1.29, 1.82) is 0 Å². The molecule has 3 rings (SSSR count). The molecule has 1 aliphatic rings. The smallest absolute Gasteiger partial charge is 0.365 e. The van der Waals surface area contributed by atoms with Gasteiger partial charge < -0.3 is 10.1 Å². The molecule has 1 aliphatic heterocycles. The summed E-state index contributed by atoms with van der Waals surface area (Å²) < 4.78 is 44.4. The maximum absolute atomic E-state index is 12.9. The largest absolute Gasteiger partial charge is 0.418 e. The lowest BCUT2D eigenvalue weighted by molar-refractivity contribution is -0.138. The topological polar surface area (TPSA) is 92.8 Å². The Bertz CT molecular complexity index is 705. The first-order valence-corrected chi connectivity index (χ1v) is 7.25. The van der Waals surface area contributed by atoms with Crippen molar-refractivity contribution in [3.63, 3.8) is 0 Å². The highest BCUT2D eigenvalue weighted by Gasteiger charge is 2.36. The first kappa shape index (κ1) is 16.4. The van der Waals surface area contributed by atoms with E-state index in [2.05, 4.69) is 25.5 Å². The molecular formula is C14H14F3N5O2. The minimum absolute atomic E-state index is 0.114. The van der Waals surface area contributed by atoms with Crippen LogP contribution in [-0.4, -0.2) is 38.7 Å². The number of H-pyrrole nitrogens is 1. The molecule has 0 aromatic carbocycles. The minimum Gasteiger partial charge on any atom is -0.365 e. The van der Waals surface area contributed by atoms with E-state index in [-0.39, 0.29) is 18.8 Å². The maximum Gasteiger partial charge on any atom is 0.418 e. The molecular weight excluding hydrogens is 327 g/mol. The molecule has 2 aromatic heterocycles. The molecule has 0 spiro atoms. The van der Waals surface area contributed by atoms with Crippen LogP contribution in [0, 0.1) is 0 Å². The van der Waals surface area contributed by atoms with Gasteiger partial charge in [-0.2, -0.15) is 18.3 Å². The van der Waals surface area contributed by atoms with Gasteiger partial charge in [0.25, 0.3) is 5.91 Å². The fourth-order valence-electron chi connectivity index (χ4n) is 2.55. The zero-order valence-corrected chi connectivity index (χ0v) is 12.4. The van der Waals surface area contributed by atoms with Crippen molar-refractivity contribution in [2.75, 3.05) is 6.54 Å². The van der Waals surface area contributed by atoms with Crippen LogP contribution in [-0.2, 0) is 10.9 Å². The summed E-state index contributed by atoms with van der Waals surface area (Å²) in [6.45, 7) is 0.114. The first-order chi connectivity index (χ1) is 11.4. The van der Waals surface area contributed by atoms with Gasteiger partial charge in [-0.1, -0.05) is 0 Å². The van der Waals surface area contributed by atoms with E-state index in [1.807, 2.05) is 0 Å². The van der Waals surface area contributed by atoms with E-state index < -0.39 is 23.2 Å². The Morgan fingerprint density at radius 3 is 2.96 bits per heavy atom. The van der Waals surface area contributed by atoms with Crippen LogP contribution < -0.4 is 5.32 Å². The number of nitrogens with one attached hydrogen (secondary N) is 2. The van der Waals surface area contributed by atoms with Crippen LogP contribution in [0.2, 0.25) is 0 Å². The average molecular weight is 341 g/mol. The first-order valence-electron chi connectivity index (χ1n) is 7.25. The van der Waals surface area contributed by atoms with Gasteiger partial charge in [-0.25, -0.2) is 4.98 Å². The predicted octanol–water partition coefficient (Wildman–Crippen LogP) is 1.87. The van der Waals surface area contributed by atoms with Crippen molar-refractivity contribution in [1.82, 2.24) is 25.5 Å². The SMILES string of the molecule is O=C(NC[C@H]1CC[C@@H](c2ncn[nH]2)O1)c1ccncc1C(F)(F)F. The highest BCUT2D eigenvalue weighted by molar-refractivity contribution is 5.95. The molecule has 1 fully saturated rings. The molecule has 128 valence electrons. The number of hydrogen-bond donors (Lipinski definition) is 2. The van der Waals surface area contributed by atoms with E-state index in [0.29, 0.717) is 24.9 Å². The van der Waals surface area contributed by atoms with Gasteiger partial charge in [-0.05, 0) is 18.9 Å². The van der Waals surface area contributed by atoms with Gasteiger partial charge in [0, 0.05) is 18.9 Å². The van der Waals surface area contributed by atoms with Crippen LogP contribution in [0.4, 0.5) is 13.2 Å². The molecule has 0 saturated carbocycles. The fraction of sp³-hybridized carbons (Fsp3) is 0.429. The number of ether oxygens (including phenoxy) is 1. The summed E-state index contributed by atoms with van der Waals surface area (Å²) in [5, 5.41) is 8.93. The molecule has 2 aromatic rings. The zero-order chi connectivity index (χ0) is 17.2. The van der Waals surface area contributed by atoms with Crippen LogP contribution in [0.5, 0.6) is 0 Å². The van der Waals surface area contributed by atoms with Crippen LogP contribution in [0.3, 0.4) is 0 Å². The Balaban J connectivity index is 1.59. The molecule has 2 N–H and O–H groups in total. The van der Waals surface area contributed by atoms with Crippen molar-refractivity contribution in [2.24, 2.45) is 0 Å². The second kappa shape index (κ2) is 6.56. The van der Waals surface area contributed by atoms with E-state index in [9.17, 15) is 18.0 Å². The van der Waals surface area contributed by atoms with Gasteiger partial charge in [0.05, 0.1) is 17.2 Å². The van der Waals surface area contributed by atoms with E-state index in [4.69, 9.17) is 4.74 Å². The van der Waals surface area contributed by atoms with Crippen LogP contribution >= 0.6 is 0 Å². The third-order valence-electron chi connectivity index (χ3n) is 3.71. The number of nitrogens with zero attached hydrogens (tertiary/aromatic N) is 3. The van der Waals surface area contributed by atoms with Gasteiger partial charge in [-0.3, -0.25) is 14.9 Å². The van der Waals surface area contributed by atoms with Crippen molar-refractivity contribution in [3.05, 3.63) is 41.7 Å². The van der Waals surface area contributed by atoms with Gasteiger partial charge in [0.1, 0.15) is 12.4 Å². The number of aromatic amines is 1. The third kappa shape index (κ3) is 3.53. The average Bonchev–Trinajstić information content (AvgIpc) is 3.23. The van der Waals surface area contributed by atoms with Crippen molar-refractivity contribution >= 4 is 5.91 Å². The highest BCUT2D eigenvalue weighted by atomic mass is 19.4. The molecule has 0 radical (unpaired) electrons. The maximum atomic E-state index is 12.9. The van der Waals surface area contributed by atoms with Gasteiger partial charge in [0.2, 0.25) is 0 Å². The number of hydrogen-bond acceptors (Lipinski definition) is 5. The number of halogens is 3. The van der Waals surface area contributed by atoms with Crippen molar-refractivity contribution in [3.8, 4) is 0 Å². The number of alkyl halides is 3. The quantitative estimate of drug-likeness (QED) is 0.886. The lowest BCUT2D eigenvalue weighted by atomic mass is 10.1. The van der Waals surface area contributed by atoms with Crippen molar-refractivity contribution < 1.29 is 22.7 Å². The van der Waals surface area contributed by atoms with Crippen LogP contribution in [0.1, 0.15) is 40.7 Å². The lowest BCUT2D eigenvalue weighted by Crippen LogP contribution is -2.33. The molecule has 0 unspecified atom stereocenters. The number of amides is 1.